The third-order valence-corrected chi connectivity index (χ3v) is 3.67. The summed E-state index contributed by atoms with van der Waals surface area (Å²) in [6.45, 7) is 0. The molecule has 0 spiro atoms. The van der Waals surface area contributed by atoms with Gasteiger partial charge < -0.3 is 10.3 Å². The van der Waals surface area contributed by atoms with E-state index in [1.54, 1.807) is 6.20 Å². The number of aromatic nitrogens is 2. The molecule has 0 atom stereocenters. The van der Waals surface area contributed by atoms with Crippen molar-refractivity contribution in [1.29, 1.82) is 0 Å². The van der Waals surface area contributed by atoms with E-state index in [0.29, 0.717) is 11.4 Å². The molecule has 0 radical (unpaired) electrons. The lowest BCUT2D eigenvalue weighted by Crippen LogP contribution is -1.88. The van der Waals surface area contributed by atoms with E-state index in [2.05, 4.69) is 28.3 Å². The Hall–Kier alpha value is -3.14. The fourth-order valence-electron chi connectivity index (χ4n) is 2.59. The molecule has 4 nitrogen and oxygen atoms in total. The lowest BCUT2D eigenvalue weighted by molar-refractivity contribution is 0.460. The van der Waals surface area contributed by atoms with Gasteiger partial charge in [0.05, 0.1) is 11.1 Å². The molecule has 2 heterocycles. The Morgan fingerprint density at radius 3 is 2.59 bits per heavy atom. The first-order valence-electron chi connectivity index (χ1n) is 6.98. The molecule has 4 heteroatoms. The second-order valence-corrected chi connectivity index (χ2v) is 5.04. The van der Waals surface area contributed by atoms with Crippen molar-refractivity contribution < 1.29 is 4.52 Å². The summed E-state index contributed by atoms with van der Waals surface area (Å²) in [6, 6.07) is 20.0. The van der Waals surface area contributed by atoms with Gasteiger partial charge in [-0.05, 0) is 23.8 Å². The predicted molar refractivity (Wildman–Crippen MR) is 87.1 cm³/mol. The van der Waals surface area contributed by atoms with Crippen molar-refractivity contribution in [2.24, 2.45) is 0 Å². The predicted octanol–water partition coefficient (Wildman–Crippen LogP) is 4.14. The van der Waals surface area contributed by atoms with Crippen LogP contribution < -0.4 is 5.73 Å². The van der Waals surface area contributed by atoms with E-state index in [1.165, 1.54) is 0 Å². The Morgan fingerprint density at radius 2 is 1.73 bits per heavy atom. The van der Waals surface area contributed by atoms with E-state index in [9.17, 15) is 0 Å². The number of nitrogens with zero attached hydrogens (tertiary/aromatic N) is 2. The fraction of sp³-hybridized carbons (Fsp3) is 0. The molecule has 106 valence electrons. The summed E-state index contributed by atoms with van der Waals surface area (Å²) in [4.78, 5) is 4.54. The maximum atomic E-state index is 5.77. The normalized spacial score (nSPS) is 10.9. The first-order valence-corrected chi connectivity index (χ1v) is 6.98. The van der Waals surface area contributed by atoms with E-state index < -0.39 is 0 Å². The molecule has 0 saturated heterocycles. The number of nitrogens with two attached hydrogens (primary N) is 1. The van der Waals surface area contributed by atoms with Crippen LogP contribution in [0.2, 0.25) is 0 Å². The van der Waals surface area contributed by atoms with Gasteiger partial charge in [-0.1, -0.05) is 47.6 Å². The van der Waals surface area contributed by atoms with Crippen molar-refractivity contribution >= 4 is 16.8 Å². The average Bonchev–Trinajstić information content (AvgIpc) is 2.96. The molecule has 0 amide bonds. The minimum absolute atomic E-state index is 0.413. The number of benzene rings is 2. The summed E-state index contributed by atoms with van der Waals surface area (Å²) >= 11 is 0. The smallest absolute Gasteiger partial charge is 0.174 e. The highest BCUT2D eigenvalue weighted by Crippen LogP contribution is 2.32. The van der Waals surface area contributed by atoms with Crippen LogP contribution >= 0.6 is 0 Å². The second kappa shape index (κ2) is 5.00. The van der Waals surface area contributed by atoms with Crippen LogP contribution in [0.4, 0.5) is 5.82 Å². The standard InChI is InChI=1S/C18H13N3O/c19-18-15-9-8-13(11-16(15)22-21-18)14-7-4-10-20-17(14)12-5-2-1-3-6-12/h1-11H,(H2,19,21). The van der Waals surface area contributed by atoms with Gasteiger partial charge in [-0.3, -0.25) is 4.98 Å². The topological polar surface area (TPSA) is 64.9 Å². The number of fused-ring (bicyclic) bond motifs is 1. The Bertz CT molecular complexity index is 945. The van der Waals surface area contributed by atoms with Crippen LogP contribution in [-0.4, -0.2) is 10.1 Å². The highest BCUT2D eigenvalue weighted by molar-refractivity contribution is 5.92. The van der Waals surface area contributed by atoms with Crippen LogP contribution in [-0.2, 0) is 0 Å². The fourth-order valence-corrected chi connectivity index (χ4v) is 2.59. The minimum Gasteiger partial charge on any atom is -0.380 e. The third kappa shape index (κ3) is 2.02. The number of hydrogen-bond donors (Lipinski definition) is 1. The Labute approximate surface area is 127 Å². The lowest BCUT2D eigenvalue weighted by Gasteiger charge is -2.08. The Morgan fingerprint density at radius 1 is 0.864 bits per heavy atom. The molecule has 22 heavy (non-hydrogen) atoms. The molecule has 4 aromatic rings. The van der Waals surface area contributed by atoms with Gasteiger partial charge in [-0.25, -0.2) is 0 Å². The molecule has 0 unspecified atom stereocenters. The maximum absolute atomic E-state index is 5.77. The molecule has 2 aromatic heterocycles. The van der Waals surface area contributed by atoms with Crippen LogP contribution in [0.3, 0.4) is 0 Å². The van der Waals surface area contributed by atoms with Crippen molar-refractivity contribution in [3.05, 3.63) is 66.9 Å². The van der Waals surface area contributed by atoms with Crippen LogP contribution in [0.1, 0.15) is 0 Å². The van der Waals surface area contributed by atoms with Crippen molar-refractivity contribution in [1.82, 2.24) is 10.1 Å². The van der Waals surface area contributed by atoms with Crippen molar-refractivity contribution in [3.63, 3.8) is 0 Å². The average molecular weight is 287 g/mol. The molecule has 0 aliphatic carbocycles. The van der Waals surface area contributed by atoms with Gasteiger partial charge in [0, 0.05) is 17.3 Å². The zero-order valence-corrected chi connectivity index (χ0v) is 11.7. The SMILES string of the molecule is Nc1noc2cc(-c3cccnc3-c3ccccc3)ccc12. The van der Waals surface area contributed by atoms with Gasteiger partial charge in [-0.2, -0.15) is 0 Å². The summed E-state index contributed by atoms with van der Waals surface area (Å²) in [5, 5.41) is 4.63. The molecular formula is C18H13N3O. The quantitative estimate of drug-likeness (QED) is 0.601. The van der Waals surface area contributed by atoms with Crippen LogP contribution in [0.25, 0.3) is 33.4 Å². The number of nitrogen functional groups attached to an aromatic ring is 1. The zero-order chi connectivity index (χ0) is 14.9. The monoisotopic (exact) mass is 287 g/mol. The van der Waals surface area contributed by atoms with E-state index in [4.69, 9.17) is 10.3 Å². The molecule has 0 fully saturated rings. The summed E-state index contributed by atoms with van der Waals surface area (Å²) < 4.78 is 5.26. The van der Waals surface area contributed by atoms with Crippen molar-refractivity contribution in [2.75, 3.05) is 5.73 Å². The first-order chi connectivity index (χ1) is 10.8. The van der Waals surface area contributed by atoms with Crippen LogP contribution in [0, 0.1) is 0 Å². The molecule has 0 aliphatic rings. The van der Waals surface area contributed by atoms with E-state index >= 15 is 0 Å². The van der Waals surface area contributed by atoms with E-state index in [-0.39, 0.29) is 0 Å². The first kappa shape index (κ1) is 12.6. The maximum Gasteiger partial charge on any atom is 0.174 e. The van der Waals surface area contributed by atoms with Gasteiger partial charge in [0.1, 0.15) is 0 Å². The number of rotatable bonds is 2. The van der Waals surface area contributed by atoms with Gasteiger partial charge in [0.25, 0.3) is 0 Å². The molecule has 0 aliphatic heterocycles. The number of pyridine rings is 1. The Kier molecular flexibility index (Phi) is 2.86. The second-order valence-electron chi connectivity index (χ2n) is 5.04. The van der Waals surface area contributed by atoms with E-state index in [0.717, 1.165) is 27.8 Å². The zero-order valence-electron chi connectivity index (χ0n) is 11.7. The lowest BCUT2D eigenvalue weighted by atomic mass is 9.99. The highest BCUT2D eigenvalue weighted by atomic mass is 16.5. The molecular weight excluding hydrogens is 274 g/mol. The summed E-state index contributed by atoms with van der Waals surface area (Å²) in [7, 11) is 0. The van der Waals surface area contributed by atoms with E-state index in [1.807, 2.05) is 42.5 Å². The molecule has 2 N–H and O–H groups in total. The summed E-state index contributed by atoms with van der Waals surface area (Å²) in [6.07, 6.45) is 1.80. The number of hydrogen-bond acceptors (Lipinski definition) is 4. The van der Waals surface area contributed by atoms with Crippen LogP contribution in [0.15, 0.2) is 71.4 Å². The highest BCUT2D eigenvalue weighted by Gasteiger charge is 2.11. The van der Waals surface area contributed by atoms with Gasteiger partial charge >= 0.3 is 0 Å². The molecule has 4 rings (SSSR count). The molecule has 0 saturated carbocycles. The molecule has 2 aromatic carbocycles. The Balaban J connectivity index is 1.91. The number of anilines is 1. The summed E-state index contributed by atoms with van der Waals surface area (Å²) in [5.74, 6) is 0.413. The summed E-state index contributed by atoms with van der Waals surface area (Å²) in [5.41, 5.74) is 10.5. The third-order valence-electron chi connectivity index (χ3n) is 3.67. The van der Waals surface area contributed by atoms with Crippen molar-refractivity contribution in [3.8, 4) is 22.4 Å². The van der Waals surface area contributed by atoms with Gasteiger partial charge in [0.2, 0.25) is 0 Å². The van der Waals surface area contributed by atoms with Gasteiger partial charge in [-0.15, -0.1) is 0 Å². The molecule has 0 bridgehead atoms. The van der Waals surface area contributed by atoms with Crippen molar-refractivity contribution in [2.45, 2.75) is 0 Å². The van der Waals surface area contributed by atoms with Crippen LogP contribution in [0.5, 0.6) is 0 Å². The minimum atomic E-state index is 0.413. The van der Waals surface area contributed by atoms with Gasteiger partial charge in [0.15, 0.2) is 11.4 Å². The largest absolute Gasteiger partial charge is 0.380 e.